The van der Waals surface area contributed by atoms with Crippen LogP contribution in [0.4, 0.5) is 0 Å². The Hall–Kier alpha value is -1.92. The molecular formula is C18H28IN7O2. The van der Waals surface area contributed by atoms with E-state index in [2.05, 4.69) is 30.4 Å². The lowest BCUT2D eigenvalue weighted by Crippen LogP contribution is -2.39. The molecule has 4 N–H and O–H groups in total. The molecule has 0 radical (unpaired) electrons. The number of aliphatic imine (C=N–C) groups is 1. The Balaban J connectivity index is 0.00000280. The molecule has 0 atom stereocenters. The number of halogens is 1. The number of H-pyrrole nitrogens is 1. The van der Waals surface area contributed by atoms with Crippen molar-refractivity contribution >= 4 is 29.9 Å². The Labute approximate surface area is 182 Å². The lowest BCUT2D eigenvalue weighted by atomic mass is 10.2. The summed E-state index contributed by atoms with van der Waals surface area (Å²) >= 11 is 0. The SMILES string of the molecule is COc1ccc(-c2n[nH]c(CN=C(N)NCCCN3CCOCC3)n2)cc1.I. The van der Waals surface area contributed by atoms with E-state index in [4.69, 9.17) is 15.2 Å². The van der Waals surface area contributed by atoms with Gasteiger partial charge in [-0.15, -0.1) is 24.0 Å². The van der Waals surface area contributed by atoms with Gasteiger partial charge >= 0.3 is 0 Å². The van der Waals surface area contributed by atoms with Crippen LogP contribution in [-0.4, -0.2) is 72.5 Å². The second kappa shape index (κ2) is 11.8. The average Bonchev–Trinajstić information content (AvgIpc) is 3.19. The first-order valence-corrected chi connectivity index (χ1v) is 9.14. The first kappa shape index (κ1) is 22.4. The fraction of sp³-hybridized carbons (Fsp3) is 0.500. The van der Waals surface area contributed by atoms with Gasteiger partial charge in [-0.2, -0.15) is 5.10 Å². The number of aromatic amines is 1. The number of aromatic nitrogens is 3. The smallest absolute Gasteiger partial charge is 0.189 e. The lowest BCUT2D eigenvalue weighted by Gasteiger charge is -2.26. The summed E-state index contributed by atoms with van der Waals surface area (Å²) in [4.78, 5) is 11.2. The van der Waals surface area contributed by atoms with Gasteiger partial charge in [-0.05, 0) is 37.2 Å². The van der Waals surface area contributed by atoms with Gasteiger partial charge < -0.3 is 20.5 Å². The van der Waals surface area contributed by atoms with Crippen LogP contribution in [0.1, 0.15) is 12.2 Å². The predicted octanol–water partition coefficient (Wildman–Crippen LogP) is 1.22. The van der Waals surface area contributed by atoms with Crippen molar-refractivity contribution in [3.63, 3.8) is 0 Å². The fourth-order valence-electron chi connectivity index (χ4n) is 2.80. The third-order valence-corrected chi connectivity index (χ3v) is 4.34. The van der Waals surface area contributed by atoms with E-state index >= 15 is 0 Å². The summed E-state index contributed by atoms with van der Waals surface area (Å²) in [7, 11) is 1.64. The molecule has 28 heavy (non-hydrogen) atoms. The number of nitrogens with one attached hydrogen (secondary N) is 2. The summed E-state index contributed by atoms with van der Waals surface area (Å²) in [5, 5.41) is 10.3. The standard InChI is InChI=1S/C18H27N7O2.HI/c1-26-15-5-3-14(4-6-15)17-22-16(23-24-17)13-21-18(19)20-7-2-8-25-9-11-27-12-10-25;/h3-6H,2,7-13H2,1H3,(H3,19,20,21)(H,22,23,24);1H. The predicted molar refractivity (Wildman–Crippen MR) is 119 cm³/mol. The maximum absolute atomic E-state index is 5.92. The summed E-state index contributed by atoms with van der Waals surface area (Å²) < 4.78 is 10.5. The van der Waals surface area contributed by atoms with Crippen molar-refractivity contribution in [3.8, 4) is 17.1 Å². The molecule has 1 aliphatic heterocycles. The molecule has 0 aliphatic carbocycles. The van der Waals surface area contributed by atoms with Crippen molar-refractivity contribution in [3.05, 3.63) is 30.1 Å². The van der Waals surface area contributed by atoms with Crippen LogP contribution in [-0.2, 0) is 11.3 Å². The molecule has 1 aromatic carbocycles. The number of morpholine rings is 1. The summed E-state index contributed by atoms with van der Waals surface area (Å²) in [6, 6.07) is 7.59. The van der Waals surface area contributed by atoms with Gasteiger partial charge in [0, 0.05) is 25.2 Å². The van der Waals surface area contributed by atoms with Crippen molar-refractivity contribution in [2.24, 2.45) is 10.7 Å². The molecule has 10 heteroatoms. The molecule has 0 saturated carbocycles. The molecule has 0 unspecified atom stereocenters. The normalized spacial score (nSPS) is 15.1. The molecule has 2 aromatic rings. The van der Waals surface area contributed by atoms with E-state index < -0.39 is 0 Å². The number of nitrogens with two attached hydrogens (primary N) is 1. The van der Waals surface area contributed by atoms with Crippen LogP contribution in [0.25, 0.3) is 11.4 Å². The molecule has 0 spiro atoms. The number of ether oxygens (including phenoxy) is 2. The van der Waals surface area contributed by atoms with E-state index in [1.807, 2.05) is 24.3 Å². The minimum Gasteiger partial charge on any atom is -0.497 e. The summed E-state index contributed by atoms with van der Waals surface area (Å²) in [5.41, 5.74) is 6.83. The highest BCUT2D eigenvalue weighted by molar-refractivity contribution is 14.0. The third kappa shape index (κ3) is 6.91. The van der Waals surface area contributed by atoms with Crippen molar-refractivity contribution in [1.29, 1.82) is 0 Å². The molecule has 154 valence electrons. The number of hydrogen-bond acceptors (Lipinski definition) is 6. The zero-order valence-corrected chi connectivity index (χ0v) is 18.4. The largest absolute Gasteiger partial charge is 0.497 e. The van der Waals surface area contributed by atoms with Crippen LogP contribution in [0.5, 0.6) is 5.75 Å². The first-order chi connectivity index (χ1) is 13.2. The molecule has 1 aliphatic rings. The van der Waals surface area contributed by atoms with E-state index in [9.17, 15) is 0 Å². The van der Waals surface area contributed by atoms with Crippen LogP contribution >= 0.6 is 24.0 Å². The van der Waals surface area contributed by atoms with E-state index in [-0.39, 0.29) is 24.0 Å². The molecule has 2 heterocycles. The van der Waals surface area contributed by atoms with Gasteiger partial charge in [0.15, 0.2) is 11.8 Å². The molecule has 0 amide bonds. The van der Waals surface area contributed by atoms with E-state index in [0.717, 1.165) is 57.1 Å². The Morgan fingerprint density at radius 2 is 2.07 bits per heavy atom. The van der Waals surface area contributed by atoms with Crippen molar-refractivity contribution in [2.45, 2.75) is 13.0 Å². The second-order valence-corrected chi connectivity index (χ2v) is 6.27. The molecule has 9 nitrogen and oxygen atoms in total. The summed E-state index contributed by atoms with van der Waals surface area (Å²) in [6.07, 6.45) is 1.01. The molecule has 0 bridgehead atoms. The van der Waals surface area contributed by atoms with Gasteiger partial charge in [0.1, 0.15) is 18.1 Å². The van der Waals surface area contributed by atoms with Crippen molar-refractivity contribution < 1.29 is 9.47 Å². The molecule has 1 fully saturated rings. The molecule has 1 saturated heterocycles. The van der Waals surface area contributed by atoms with Crippen molar-refractivity contribution in [1.82, 2.24) is 25.4 Å². The highest BCUT2D eigenvalue weighted by Crippen LogP contribution is 2.18. The zero-order chi connectivity index (χ0) is 18.9. The maximum Gasteiger partial charge on any atom is 0.189 e. The van der Waals surface area contributed by atoms with E-state index in [1.165, 1.54) is 0 Å². The van der Waals surface area contributed by atoms with Gasteiger partial charge in [-0.3, -0.25) is 10.00 Å². The van der Waals surface area contributed by atoms with Gasteiger partial charge in [0.05, 0.1) is 20.3 Å². The van der Waals surface area contributed by atoms with Gasteiger partial charge in [0.25, 0.3) is 0 Å². The molecule has 1 aromatic heterocycles. The van der Waals surface area contributed by atoms with E-state index in [1.54, 1.807) is 7.11 Å². The number of benzene rings is 1. The highest BCUT2D eigenvalue weighted by atomic mass is 127. The molecular weight excluding hydrogens is 473 g/mol. The van der Waals surface area contributed by atoms with Crippen LogP contribution in [0.15, 0.2) is 29.3 Å². The maximum atomic E-state index is 5.92. The Morgan fingerprint density at radius 3 is 2.79 bits per heavy atom. The van der Waals surface area contributed by atoms with Crippen LogP contribution < -0.4 is 15.8 Å². The minimum atomic E-state index is 0. The topological polar surface area (TPSA) is 114 Å². The molecule has 3 rings (SSSR count). The van der Waals surface area contributed by atoms with Crippen LogP contribution in [0.3, 0.4) is 0 Å². The minimum absolute atomic E-state index is 0. The van der Waals surface area contributed by atoms with Crippen molar-refractivity contribution in [2.75, 3.05) is 46.5 Å². The third-order valence-electron chi connectivity index (χ3n) is 4.34. The number of rotatable bonds is 8. The zero-order valence-electron chi connectivity index (χ0n) is 16.1. The number of nitrogens with zero attached hydrogens (tertiary/aromatic N) is 4. The lowest BCUT2D eigenvalue weighted by molar-refractivity contribution is 0.0376. The summed E-state index contributed by atoms with van der Waals surface area (Å²) in [6.45, 7) is 5.85. The highest BCUT2D eigenvalue weighted by Gasteiger charge is 2.09. The quantitative estimate of drug-likeness (QED) is 0.216. The summed E-state index contributed by atoms with van der Waals surface area (Å²) in [5.74, 6) is 2.50. The first-order valence-electron chi connectivity index (χ1n) is 9.14. The van der Waals surface area contributed by atoms with Gasteiger partial charge in [-0.25, -0.2) is 9.98 Å². The van der Waals surface area contributed by atoms with Crippen LogP contribution in [0, 0.1) is 0 Å². The monoisotopic (exact) mass is 501 g/mol. The van der Waals surface area contributed by atoms with Gasteiger partial charge in [0.2, 0.25) is 0 Å². The number of hydrogen-bond donors (Lipinski definition) is 3. The number of methoxy groups -OCH3 is 1. The van der Waals surface area contributed by atoms with Crippen LogP contribution in [0.2, 0.25) is 0 Å². The fourth-order valence-corrected chi connectivity index (χ4v) is 2.80. The Kier molecular flexibility index (Phi) is 9.44. The van der Waals surface area contributed by atoms with E-state index in [0.29, 0.717) is 24.2 Å². The Morgan fingerprint density at radius 1 is 1.32 bits per heavy atom. The average molecular weight is 501 g/mol. The van der Waals surface area contributed by atoms with Gasteiger partial charge in [-0.1, -0.05) is 0 Å². The Bertz CT molecular complexity index is 730. The second-order valence-electron chi connectivity index (χ2n) is 6.27. The number of guanidine groups is 1.